The number of hydrogen-bond donors (Lipinski definition) is 1. The summed E-state index contributed by atoms with van der Waals surface area (Å²) >= 11 is 0. The van der Waals surface area contributed by atoms with Crippen LogP contribution in [0.5, 0.6) is 0 Å². The van der Waals surface area contributed by atoms with E-state index in [9.17, 15) is 8.78 Å². The summed E-state index contributed by atoms with van der Waals surface area (Å²) in [5.41, 5.74) is 2.92. The molecule has 6 nitrogen and oxygen atoms in total. The number of H-pyrrole nitrogens is 1. The number of benzene rings is 2. The standard InChI is InChI=1S/C22H18F2N6.2ClH/c1-2-30-19-6-3-14(21-25-7-8-26-21)11-18(19)28-20(30)13-29-10-9-27-22(29)16-12-15(23)4-5-17(16)24;;/h3-12H,2,13H2,1H3,(H,25,26);2*1H. The molecule has 0 saturated heterocycles. The normalized spacial score (nSPS) is 10.7. The first-order chi connectivity index (χ1) is 14.6. The van der Waals surface area contributed by atoms with Crippen LogP contribution >= 0.6 is 24.8 Å². The molecule has 32 heavy (non-hydrogen) atoms. The summed E-state index contributed by atoms with van der Waals surface area (Å²) in [7, 11) is 0. The SMILES string of the molecule is CCn1c(Cn2ccnc2-c2cc(F)ccc2F)nc2cc(-c3ncc[nH]3)ccc21.Cl.Cl. The Morgan fingerprint density at radius 2 is 1.84 bits per heavy atom. The van der Waals surface area contributed by atoms with Gasteiger partial charge in [0.15, 0.2) is 0 Å². The lowest BCUT2D eigenvalue weighted by Gasteiger charge is -2.10. The lowest BCUT2D eigenvalue weighted by molar-refractivity contribution is 0.599. The second-order valence-electron chi connectivity index (χ2n) is 6.92. The summed E-state index contributed by atoms with van der Waals surface area (Å²) in [6.07, 6.45) is 6.81. The number of aromatic nitrogens is 6. The molecule has 0 saturated carbocycles. The van der Waals surface area contributed by atoms with E-state index in [1.807, 2.05) is 25.1 Å². The number of halogens is 4. The molecule has 0 fully saturated rings. The summed E-state index contributed by atoms with van der Waals surface area (Å²) < 4.78 is 31.9. The van der Waals surface area contributed by atoms with Crippen molar-refractivity contribution >= 4 is 35.8 Å². The van der Waals surface area contributed by atoms with Crippen molar-refractivity contribution < 1.29 is 8.78 Å². The highest BCUT2D eigenvalue weighted by Gasteiger charge is 2.16. The second-order valence-corrected chi connectivity index (χ2v) is 6.92. The first-order valence-electron chi connectivity index (χ1n) is 9.59. The quantitative estimate of drug-likeness (QED) is 0.365. The molecule has 3 heterocycles. The van der Waals surface area contributed by atoms with Gasteiger partial charge in [0.05, 0.1) is 23.1 Å². The highest BCUT2D eigenvalue weighted by Crippen LogP contribution is 2.26. The fourth-order valence-electron chi connectivity index (χ4n) is 3.73. The molecule has 0 atom stereocenters. The molecule has 0 unspecified atom stereocenters. The van der Waals surface area contributed by atoms with E-state index < -0.39 is 11.6 Å². The van der Waals surface area contributed by atoms with Crippen LogP contribution in [0, 0.1) is 11.6 Å². The van der Waals surface area contributed by atoms with Crippen molar-refractivity contribution in [3.63, 3.8) is 0 Å². The van der Waals surface area contributed by atoms with Crippen molar-refractivity contribution in [1.82, 2.24) is 29.1 Å². The molecule has 2 aromatic carbocycles. The molecule has 0 amide bonds. The van der Waals surface area contributed by atoms with E-state index >= 15 is 0 Å². The first-order valence-corrected chi connectivity index (χ1v) is 9.59. The second kappa shape index (κ2) is 9.50. The van der Waals surface area contributed by atoms with E-state index in [0.717, 1.165) is 53.0 Å². The fourth-order valence-corrected chi connectivity index (χ4v) is 3.73. The van der Waals surface area contributed by atoms with Gasteiger partial charge in [0.2, 0.25) is 0 Å². The number of aromatic amines is 1. The van der Waals surface area contributed by atoms with Gasteiger partial charge in [-0.05, 0) is 43.3 Å². The fraction of sp³-hybridized carbons (Fsp3) is 0.136. The van der Waals surface area contributed by atoms with Crippen LogP contribution in [-0.2, 0) is 13.1 Å². The van der Waals surface area contributed by atoms with E-state index in [1.165, 1.54) is 0 Å². The van der Waals surface area contributed by atoms with Gasteiger partial charge in [-0.15, -0.1) is 24.8 Å². The molecule has 10 heteroatoms. The first kappa shape index (κ1) is 23.4. The molecule has 0 spiro atoms. The van der Waals surface area contributed by atoms with Crippen LogP contribution in [0.15, 0.2) is 61.2 Å². The van der Waals surface area contributed by atoms with E-state index in [4.69, 9.17) is 4.98 Å². The number of fused-ring (bicyclic) bond motifs is 1. The Morgan fingerprint density at radius 3 is 2.59 bits per heavy atom. The minimum atomic E-state index is -0.518. The molecule has 0 radical (unpaired) electrons. The molecule has 0 aliphatic rings. The lowest BCUT2D eigenvalue weighted by Crippen LogP contribution is -2.09. The third kappa shape index (κ3) is 4.11. The molecular formula is C22H20Cl2F2N6. The third-order valence-electron chi connectivity index (χ3n) is 5.11. The van der Waals surface area contributed by atoms with Crippen LogP contribution in [-0.4, -0.2) is 29.1 Å². The summed E-state index contributed by atoms with van der Waals surface area (Å²) in [5, 5.41) is 0. The topological polar surface area (TPSA) is 64.3 Å². The lowest BCUT2D eigenvalue weighted by atomic mass is 10.2. The molecule has 5 rings (SSSR count). The third-order valence-corrected chi connectivity index (χ3v) is 5.11. The van der Waals surface area contributed by atoms with Crippen LogP contribution in [0.25, 0.3) is 33.8 Å². The van der Waals surface area contributed by atoms with Gasteiger partial charge in [-0.2, -0.15) is 0 Å². The van der Waals surface area contributed by atoms with Gasteiger partial charge in [-0.1, -0.05) is 0 Å². The van der Waals surface area contributed by atoms with Gasteiger partial charge in [0.1, 0.15) is 29.1 Å². The Morgan fingerprint density at radius 1 is 1.00 bits per heavy atom. The largest absolute Gasteiger partial charge is 0.345 e. The number of nitrogens with zero attached hydrogens (tertiary/aromatic N) is 5. The minimum Gasteiger partial charge on any atom is -0.345 e. The number of imidazole rings is 3. The molecule has 0 bridgehead atoms. The molecular weight excluding hydrogens is 457 g/mol. The highest BCUT2D eigenvalue weighted by molar-refractivity contribution is 5.85. The Bertz CT molecular complexity index is 1340. The number of aryl methyl sites for hydroxylation is 1. The van der Waals surface area contributed by atoms with E-state index in [2.05, 4.69) is 19.5 Å². The van der Waals surface area contributed by atoms with Crippen molar-refractivity contribution in [2.75, 3.05) is 0 Å². The van der Waals surface area contributed by atoms with Crippen molar-refractivity contribution in [3.8, 4) is 22.8 Å². The number of hydrogen-bond acceptors (Lipinski definition) is 3. The molecule has 5 aromatic rings. The number of rotatable bonds is 5. The Hall–Kier alpha value is -3.23. The van der Waals surface area contributed by atoms with Gasteiger partial charge in [0.25, 0.3) is 0 Å². The Kier molecular flexibility index (Phi) is 6.96. The Balaban J connectivity index is 0.00000144. The summed E-state index contributed by atoms with van der Waals surface area (Å²) in [6, 6.07) is 9.38. The van der Waals surface area contributed by atoms with Crippen molar-refractivity contribution in [2.45, 2.75) is 20.0 Å². The average Bonchev–Trinajstić information content (AvgIpc) is 3.49. The van der Waals surface area contributed by atoms with Gasteiger partial charge in [0, 0.05) is 36.9 Å². The van der Waals surface area contributed by atoms with Crippen LogP contribution < -0.4 is 0 Å². The predicted octanol–water partition coefficient (Wildman–Crippen LogP) is 5.48. The minimum absolute atomic E-state index is 0. The van der Waals surface area contributed by atoms with Gasteiger partial charge < -0.3 is 14.1 Å². The van der Waals surface area contributed by atoms with Crippen LogP contribution in [0.3, 0.4) is 0 Å². The van der Waals surface area contributed by atoms with E-state index in [-0.39, 0.29) is 30.4 Å². The maximum absolute atomic E-state index is 14.3. The maximum atomic E-state index is 14.3. The van der Waals surface area contributed by atoms with E-state index in [1.54, 1.807) is 29.4 Å². The molecule has 166 valence electrons. The summed E-state index contributed by atoms with van der Waals surface area (Å²) in [5.74, 6) is 0.921. The predicted molar refractivity (Wildman–Crippen MR) is 124 cm³/mol. The smallest absolute Gasteiger partial charge is 0.143 e. The molecule has 0 aliphatic carbocycles. The highest BCUT2D eigenvalue weighted by atomic mass is 35.5. The van der Waals surface area contributed by atoms with Crippen LogP contribution in [0.4, 0.5) is 8.78 Å². The maximum Gasteiger partial charge on any atom is 0.143 e. The van der Waals surface area contributed by atoms with Crippen molar-refractivity contribution in [3.05, 3.63) is 78.6 Å². The van der Waals surface area contributed by atoms with Crippen molar-refractivity contribution in [2.24, 2.45) is 0 Å². The number of nitrogens with one attached hydrogen (secondary N) is 1. The van der Waals surface area contributed by atoms with Crippen LogP contribution in [0.1, 0.15) is 12.7 Å². The van der Waals surface area contributed by atoms with Gasteiger partial charge in [-0.25, -0.2) is 23.7 Å². The molecule has 1 N–H and O–H groups in total. The molecule has 3 aromatic heterocycles. The summed E-state index contributed by atoms with van der Waals surface area (Å²) in [4.78, 5) is 16.5. The van der Waals surface area contributed by atoms with Crippen LogP contribution in [0.2, 0.25) is 0 Å². The van der Waals surface area contributed by atoms with E-state index in [0.29, 0.717) is 12.4 Å². The zero-order valence-corrected chi connectivity index (χ0v) is 18.6. The monoisotopic (exact) mass is 476 g/mol. The Labute approximate surface area is 195 Å². The summed E-state index contributed by atoms with van der Waals surface area (Å²) in [6.45, 7) is 3.15. The van der Waals surface area contributed by atoms with Gasteiger partial charge >= 0.3 is 0 Å². The van der Waals surface area contributed by atoms with Crippen molar-refractivity contribution in [1.29, 1.82) is 0 Å². The average molecular weight is 477 g/mol. The zero-order chi connectivity index (χ0) is 20.7. The zero-order valence-electron chi connectivity index (χ0n) is 17.0. The van der Waals surface area contributed by atoms with Gasteiger partial charge in [-0.3, -0.25) is 0 Å². The molecule has 0 aliphatic heterocycles.